The molecule has 0 radical (unpaired) electrons. The molecule has 1 aromatic rings. The molecule has 0 bridgehead atoms. The minimum absolute atomic E-state index is 0.0581. The minimum atomic E-state index is -3.44. The average molecular weight is 347 g/mol. The molecule has 0 aliphatic carbocycles. The topological polar surface area (TPSA) is 66.5 Å². The van der Waals surface area contributed by atoms with Crippen molar-refractivity contribution in [3.8, 4) is 0 Å². The first-order valence-electron chi connectivity index (χ1n) is 7.26. The second-order valence-corrected chi connectivity index (χ2v) is 7.54. The van der Waals surface area contributed by atoms with E-state index < -0.39 is 10.0 Å². The molecule has 1 aromatic carbocycles. The Hall–Kier alpha value is -1.27. The average Bonchev–Trinajstić information content (AvgIpc) is 2.43. The lowest BCUT2D eigenvalue weighted by molar-refractivity contribution is -0.121. The fraction of sp³-hybridized carbons (Fsp3) is 0.533. The molecule has 7 heteroatoms. The van der Waals surface area contributed by atoms with Gasteiger partial charge in [-0.1, -0.05) is 31.0 Å². The maximum absolute atomic E-state index is 11.9. The molecular weight excluding hydrogens is 324 g/mol. The number of unbranched alkanes of at least 4 members (excludes halogenated alkanes) is 1. The van der Waals surface area contributed by atoms with E-state index in [1.54, 1.807) is 18.2 Å². The zero-order valence-corrected chi connectivity index (χ0v) is 14.8. The zero-order chi connectivity index (χ0) is 16.8. The van der Waals surface area contributed by atoms with Crippen LogP contribution >= 0.6 is 11.6 Å². The lowest BCUT2D eigenvalue weighted by Crippen LogP contribution is -2.38. The molecule has 0 fully saturated rings. The fourth-order valence-electron chi connectivity index (χ4n) is 1.95. The predicted octanol–water partition coefficient (Wildman–Crippen LogP) is 2.72. The zero-order valence-electron chi connectivity index (χ0n) is 13.2. The third-order valence-electron chi connectivity index (χ3n) is 3.24. The Kier molecular flexibility index (Phi) is 7.16. The van der Waals surface area contributed by atoms with E-state index in [0.717, 1.165) is 24.7 Å². The number of anilines is 1. The number of nitrogens with one attached hydrogen (secondary N) is 1. The highest BCUT2D eigenvalue weighted by Crippen LogP contribution is 2.24. The van der Waals surface area contributed by atoms with Gasteiger partial charge in [-0.3, -0.25) is 9.10 Å². The summed E-state index contributed by atoms with van der Waals surface area (Å²) in [6, 6.07) is 5.10. The Balaban J connectivity index is 2.75. The number of rotatable bonds is 8. The van der Waals surface area contributed by atoms with Gasteiger partial charge in [0.05, 0.1) is 18.5 Å². The molecule has 0 saturated heterocycles. The van der Waals surface area contributed by atoms with E-state index in [0.29, 0.717) is 17.1 Å². The van der Waals surface area contributed by atoms with Gasteiger partial charge in [0.2, 0.25) is 15.9 Å². The quantitative estimate of drug-likeness (QED) is 0.787. The lowest BCUT2D eigenvalue weighted by Gasteiger charge is -2.23. The number of carbonyl (C=O) groups excluding carboxylic acids is 1. The molecule has 0 heterocycles. The number of nitrogens with zero attached hydrogens (tertiary/aromatic N) is 1. The number of aryl methyl sites for hydroxylation is 1. The molecule has 0 aromatic heterocycles. The first-order chi connectivity index (χ1) is 10.3. The summed E-state index contributed by atoms with van der Waals surface area (Å²) in [6.07, 6.45) is 3.38. The van der Waals surface area contributed by atoms with E-state index in [2.05, 4.69) is 5.32 Å². The largest absolute Gasteiger partial charge is 0.354 e. The van der Waals surface area contributed by atoms with Crippen LogP contribution in [0.5, 0.6) is 0 Å². The third-order valence-corrected chi connectivity index (χ3v) is 4.84. The molecule has 0 spiro atoms. The molecule has 0 aliphatic rings. The molecule has 0 saturated carbocycles. The van der Waals surface area contributed by atoms with Gasteiger partial charge in [0.15, 0.2) is 0 Å². The summed E-state index contributed by atoms with van der Waals surface area (Å²) in [4.78, 5) is 11.6. The van der Waals surface area contributed by atoms with Crippen molar-refractivity contribution >= 4 is 33.2 Å². The highest BCUT2D eigenvalue weighted by atomic mass is 35.5. The van der Waals surface area contributed by atoms with Crippen molar-refractivity contribution in [2.24, 2.45) is 0 Å². The summed E-state index contributed by atoms with van der Waals surface area (Å²) in [5.41, 5.74) is 1.38. The van der Waals surface area contributed by atoms with Crippen molar-refractivity contribution < 1.29 is 13.2 Å². The van der Waals surface area contributed by atoms with Crippen LogP contribution in [0.4, 0.5) is 5.69 Å². The first-order valence-corrected chi connectivity index (χ1v) is 9.49. The fourth-order valence-corrected chi connectivity index (χ4v) is 3.04. The molecule has 1 rings (SSSR count). The minimum Gasteiger partial charge on any atom is -0.354 e. The standard InChI is InChI=1S/C15H23ClN2O3S/c1-4-5-6-15(19)17-9-10-18(22(3,20)21)13-8-7-12(2)14(16)11-13/h7-8,11H,4-6,9-10H2,1-3H3,(H,17,19). The van der Waals surface area contributed by atoms with Gasteiger partial charge in [0, 0.05) is 18.0 Å². The number of hydrogen-bond donors (Lipinski definition) is 1. The van der Waals surface area contributed by atoms with Gasteiger partial charge in [0.1, 0.15) is 0 Å². The molecule has 124 valence electrons. The van der Waals surface area contributed by atoms with Crippen molar-refractivity contribution in [2.75, 3.05) is 23.7 Å². The van der Waals surface area contributed by atoms with Crippen molar-refractivity contribution in [3.63, 3.8) is 0 Å². The van der Waals surface area contributed by atoms with Crippen molar-refractivity contribution in [2.45, 2.75) is 33.1 Å². The molecule has 1 amide bonds. The molecule has 0 atom stereocenters. The van der Waals surface area contributed by atoms with E-state index in [4.69, 9.17) is 11.6 Å². The highest BCUT2D eigenvalue weighted by molar-refractivity contribution is 7.92. The van der Waals surface area contributed by atoms with Crippen LogP contribution in [-0.4, -0.2) is 33.7 Å². The molecular formula is C15H23ClN2O3S. The van der Waals surface area contributed by atoms with Crippen LogP contribution in [0.25, 0.3) is 0 Å². The maximum atomic E-state index is 11.9. The number of hydrogen-bond acceptors (Lipinski definition) is 3. The Morgan fingerprint density at radius 2 is 2.05 bits per heavy atom. The van der Waals surface area contributed by atoms with Gasteiger partial charge in [-0.05, 0) is 31.0 Å². The molecule has 22 heavy (non-hydrogen) atoms. The van der Waals surface area contributed by atoms with E-state index >= 15 is 0 Å². The van der Waals surface area contributed by atoms with Crippen LogP contribution in [0.2, 0.25) is 5.02 Å². The van der Waals surface area contributed by atoms with Crippen LogP contribution in [0, 0.1) is 6.92 Å². The van der Waals surface area contributed by atoms with Crippen LogP contribution < -0.4 is 9.62 Å². The van der Waals surface area contributed by atoms with Gasteiger partial charge in [-0.2, -0.15) is 0 Å². The Morgan fingerprint density at radius 1 is 1.36 bits per heavy atom. The summed E-state index contributed by atoms with van der Waals surface area (Å²) in [5, 5.41) is 3.25. The molecule has 1 N–H and O–H groups in total. The van der Waals surface area contributed by atoms with E-state index in [1.165, 1.54) is 4.31 Å². The van der Waals surface area contributed by atoms with E-state index in [1.807, 2.05) is 13.8 Å². The summed E-state index contributed by atoms with van der Waals surface area (Å²) in [6.45, 7) is 4.31. The highest BCUT2D eigenvalue weighted by Gasteiger charge is 2.18. The smallest absolute Gasteiger partial charge is 0.232 e. The van der Waals surface area contributed by atoms with Crippen LogP contribution in [0.3, 0.4) is 0 Å². The SMILES string of the molecule is CCCCC(=O)NCCN(c1ccc(C)c(Cl)c1)S(C)(=O)=O. The van der Waals surface area contributed by atoms with Crippen molar-refractivity contribution in [1.29, 1.82) is 0 Å². The van der Waals surface area contributed by atoms with Gasteiger partial charge < -0.3 is 5.32 Å². The number of carbonyl (C=O) groups is 1. The number of benzene rings is 1. The Labute approximate surface area is 137 Å². The summed E-state index contributed by atoms with van der Waals surface area (Å²) in [5.74, 6) is -0.0581. The van der Waals surface area contributed by atoms with Gasteiger partial charge in [-0.25, -0.2) is 8.42 Å². The maximum Gasteiger partial charge on any atom is 0.232 e. The van der Waals surface area contributed by atoms with Gasteiger partial charge in [0.25, 0.3) is 0 Å². The third kappa shape index (κ3) is 5.85. The van der Waals surface area contributed by atoms with Crippen molar-refractivity contribution in [1.82, 2.24) is 5.32 Å². The van der Waals surface area contributed by atoms with Gasteiger partial charge >= 0.3 is 0 Å². The summed E-state index contributed by atoms with van der Waals surface area (Å²) in [7, 11) is -3.44. The number of amides is 1. The Morgan fingerprint density at radius 3 is 2.59 bits per heavy atom. The molecule has 5 nitrogen and oxygen atoms in total. The summed E-state index contributed by atoms with van der Waals surface area (Å²) >= 11 is 6.06. The van der Waals surface area contributed by atoms with Crippen LogP contribution in [-0.2, 0) is 14.8 Å². The van der Waals surface area contributed by atoms with E-state index in [-0.39, 0.29) is 19.0 Å². The second kappa shape index (κ2) is 8.39. The van der Waals surface area contributed by atoms with Crippen LogP contribution in [0.15, 0.2) is 18.2 Å². The van der Waals surface area contributed by atoms with E-state index in [9.17, 15) is 13.2 Å². The lowest BCUT2D eigenvalue weighted by atomic mass is 10.2. The second-order valence-electron chi connectivity index (χ2n) is 5.22. The molecule has 0 aliphatic heterocycles. The first kappa shape index (κ1) is 18.8. The van der Waals surface area contributed by atoms with Crippen molar-refractivity contribution in [3.05, 3.63) is 28.8 Å². The summed E-state index contributed by atoms with van der Waals surface area (Å²) < 4.78 is 25.1. The number of sulfonamides is 1. The predicted molar refractivity (Wildman–Crippen MR) is 90.9 cm³/mol. The molecule has 0 unspecified atom stereocenters. The normalized spacial score (nSPS) is 11.3. The van der Waals surface area contributed by atoms with Crippen LogP contribution in [0.1, 0.15) is 31.7 Å². The monoisotopic (exact) mass is 346 g/mol. The van der Waals surface area contributed by atoms with Gasteiger partial charge in [-0.15, -0.1) is 0 Å². The Bertz CT molecular complexity index is 617. The number of halogens is 1.